The van der Waals surface area contributed by atoms with E-state index in [4.69, 9.17) is 9.47 Å². The summed E-state index contributed by atoms with van der Waals surface area (Å²) in [5, 5.41) is 6.79. The summed E-state index contributed by atoms with van der Waals surface area (Å²) >= 11 is 0. The lowest BCUT2D eigenvalue weighted by molar-refractivity contribution is 0.0698. The Morgan fingerprint density at radius 3 is 2.73 bits per heavy atom. The molecule has 0 spiro atoms. The minimum atomic E-state index is 0. The number of hydrogen-bond acceptors (Lipinski definition) is 4. The predicted octanol–water partition coefficient (Wildman–Crippen LogP) is 2.35. The molecule has 1 heterocycles. The van der Waals surface area contributed by atoms with Gasteiger partial charge in [-0.1, -0.05) is 18.2 Å². The molecule has 6 nitrogen and oxygen atoms in total. The van der Waals surface area contributed by atoms with Crippen molar-refractivity contribution in [2.24, 2.45) is 10.9 Å². The number of benzene rings is 1. The van der Waals surface area contributed by atoms with Crippen molar-refractivity contribution in [1.29, 1.82) is 0 Å². The van der Waals surface area contributed by atoms with Crippen molar-refractivity contribution in [1.82, 2.24) is 10.6 Å². The minimum Gasteiger partial charge on any atom is -0.382 e. The summed E-state index contributed by atoms with van der Waals surface area (Å²) in [6.07, 6.45) is 2.17. The molecule has 0 aliphatic carbocycles. The largest absolute Gasteiger partial charge is 0.382 e. The maximum absolute atomic E-state index is 5.45. The summed E-state index contributed by atoms with van der Waals surface area (Å²) in [6.45, 7) is 6.08. The van der Waals surface area contributed by atoms with Crippen LogP contribution < -0.4 is 15.5 Å². The lowest BCUT2D eigenvalue weighted by Gasteiger charge is -2.19. The van der Waals surface area contributed by atoms with Crippen LogP contribution in [0.3, 0.4) is 0 Å². The van der Waals surface area contributed by atoms with Gasteiger partial charge in [0.15, 0.2) is 5.96 Å². The Bertz CT molecular complexity index is 502. The normalized spacial score (nSPS) is 17.1. The highest BCUT2D eigenvalue weighted by Gasteiger charge is 2.22. The van der Waals surface area contributed by atoms with Crippen LogP contribution >= 0.6 is 24.0 Å². The lowest BCUT2D eigenvalue weighted by Crippen LogP contribution is -2.40. The van der Waals surface area contributed by atoms with Gasteiger partial charge in [0.05, 0.1) is 13.2 Å². The molecule has 2 N–H and O–H groups in total. The maximum atomic E-state index is 5.45. The average Bonchev–Trinajstić information content (AvgIpc) is 3.13. The zero-order chi connectivity index (χ0) is 17.7. The van der Waals surface area contributed by atoms with E-state index < -0.39 is 0 Å². The Morgan fingerprint density at radius 2 is 2.00 bits per heavy atom. The van der Waals surface area contributed by atoms with Crippen LogP contribution in [-0.2, 0) is 9.47 Å². The molecule has 1 atom stereocenters. The Kier molecular flexibility index (Phi) is 12.4. The molecule has 1 aliphatic heterocycles. The van der Waals surface area contributed by atoms with Crippen molar-refractivity contribution in [3.8, 4) is 0 Å². The van der Waals surface area contributed by atoms with Gasteiger partial charge >= 0.3 is 0 Å². The summed E-state index contributed by atoms with van der Waals surface area (Å²) in [7, 11) is 3.50. The molecule has 1 fully saturated rings. The van der Waals surface area contributed by atoms with Gasteiger partial charge in [0.25, 0.3) is 0 Å². The first-order valence-electron chi connectivity index (χ1n) is 9.14. The molecule has 26 heavy (non-hydrogen) atoms. The van der Waals surface area contributed by atoms with Crippen molar-refractivity contribution in [3.05, 3.63) is 30.3 Å². The summed E-state index contributed by atoms with van der Waals surface area (Å²) in [4.78, 5) is 6.75. The van der Waals surface area contributed by atoms with Crippen LogP contribution in [0.4, 0.5) is 5.69 Å². The van der Waals surface area contributed by atoms with Crippen LogP contribution in [0, 0.1) is 5.92 Å². The van der Waals surface area contributed by atoms with E-state index >= 15 is 0 Å². The number of halogens is 1. The molecule has 1 unspecified atom stereocenters. The van der Waals surface area contributed by atoms with E-state index in [2.05, 4.69) is 50.9 Å². The predicted molar refractivity (Wildman–Crippen MR) is 119 cm³/mol. The monoisotopic (exact) mass is 476 g/mol. The Hall–Kier alpha value is -1.06. The van der Waals surface area contributed by atoms with E-state index in [9.17, 15) is 0 Å². The van der Waals surface area contributed by atoms with Crippen molar-refractivity contribution in [2.45, 2.75) is 12.8 Å². The van der Waals surface area contributed by atoms with Crippen LogP contribution in [0.1, 0.15) is 12.8 Å². The molecule has 2 rings (SSSR count). The molecule has 0 amide bonds. The third-order valence-corrected chi connectivity index (χ3v) is 4.38. The molecule has 1 saturated heterocycles. The highest BCUT2D eigenvalue weighted by molar-refractivity contribution is 14.0. The number of anilines is 1. The van der Waals surface area contributed by atoms with Gasteiger partial charge < -0.3 is 25.0 Å². The van der Waals surface area contributed by atoms with Crippen molar-refractivity contribution in [2.75, 3.05) is 65.1 Å². The van der Waals surface area contributed by atoms with Crippen molar-refractivity contribution in [3.63, 3.8) is 0 Å². The molecule has 1 aliphatic rings. The number of guanidine groups is 1. The van der Waals surface area contributed by atoms with Crippen LogP contribution in [0.5, 0.6) is 0 Å². The molecular formula is C19H33IN4O2. The Morgan fingerprint density at radius 1 is 1.19 bits per heavy atom. The zero-order valence-electron chi connectivity index (χ0n) is 15.9. The van der Waals surface area contributed by atoms with E-state index in [-0.39, 0.29) is 24.0 Å². The van der Waals surface area contributed by atoms with E-state index in [1.807, 2.05) is 7.05 Å². The smallest absolute Gasteiger partial charge is 0.190 e. The van der Waals surface area contributed by atoms with E-state index in [0.717, 1.165) is 45.2 Å². The Labute approximate surface area is 174 Å². The number of nitrogens with zero attached hydrogens (tertiary/aromatic N) is 2. The topological polar surface area (TPSA) is 58.1 Å². The number of nitrogens with one attached hydrogen (secondary N) is 2. The van der Waals surface area contributed by atoms with Gasteiger partial charge in [0.1, 0.15) is 0 Å². The first kappa shape index (κ1) is 23.0. The van der Waals surface area contributed by atoms with Crippen LogP contribution in [0.25, 0.3) is 0 Å². The number of methoxy groups -OCH3 is 1. The maximum Gasteiger partial charge on any atom is 0.190 e. The molecular weight excluding hydrogens is 443 g/mol. The van der Waals surface area contributed by atoms with Gasteiger partial charge in [0.2, 0.25) is 0 Å². The minimum absolute atomic E-state index is 0. The van der Waals surface area contributed by atoms with Gasteiger partial charge in [-0.05, 0) is 30.9 Å². The van der Waals surface area contributed by atoms with Crippen molar-refractivity contribution < 1.29 is 9.47 Å². The summed E-state index contributed by atoms with van der Waals surface area (Å²) < 4.78 is 10.4. The number of ether oxygens (including phenoxy) is 2. The van der Waals surface area contributed by atoms with Crippen molar-refractivity contribution >= 4 is 35.6 Å². The third-order valence-electron chi connectivity index (χ3n) is 4.38. The fraction of sp³-hybridized carbons (Fsp3) is 0.632. The molecule has 0 saturated carbocycles. The first-order chi connectivity index (χ1) is 12.3. The standard InChI is InChI=1S/C19H32N4O2.HI/c1-20-19(21-10-6-12-25-14-13-24-2)22-15-17-9-11-23(16-17)18-7-4-3-5-8-18;/h3-5,7-8,17H,6,9-16H2,1-2H3,(H2,20,21,22);1H. The second kappa shape index (κ2) is 14.1. The summed E-state index contributed by atoms with van der Waals surface area (Å²) in [5.74, 6) is 1.52. The van der Waals surface area contributed by atoms with Gasteiger partial charge in [-0.3, -0.25) is 4.99 Å². The van der Waals surface area contributed by atoms with Gasteiger partial charge in [-0.25, -0.2) is 0 Å². The molecule has 1 aromatic rings. The van der Waals surface area contributed by atoms with Gasteiger partial charge in [0, 0.05) is 52.6 Å². The molecule has 7 heteroatoms. The summed E-state index contributed by atoms with van der Waals surface area (Å²) in [5.41, 5.74) is 1.32. The SMILES string of the molecule is CN=C(NCCCOCCOC)NCC1CCN(c2ccccc2)C1.I. The second-order valence-electron chi connectivity index (χ2n) is 6.27. The third kappa shape index (κ3) is 8.55. The number of para-hydroxylation sites is 1. The fourth-order valence-electron chi connectivity index (χ4n) is 2.96. The first-order valence-corrected chi connectivity index (χ1v) is 9.14. The highest BCUT2D eigenvalue weighted by atomic mass is 127. The van der Waals surface area contributed by atoms with E-state index in [1.54, 1.807) is 7.11 Å². The quantitative estimate of drug-likeness (QED) is 0.235. The van der Waals surface area contributed by atoms with E-state index in [1.165, 1.54) is 12.1 Å². The fourth-order valence-corrected chi connectivity index (χ4v) is 2.96. The van der Waals surface area contributed by atoms with Gasteiger partial charge in [-0.15, -0.1) is 24.0 Å². The molecule has 148 valence electrons. The average molecular weight is 476 g/mol. The summed E-state index contributed by atoms with van der Waals surface area (Å²) in [6, 6.07) is 10.6. The molecule has 0 radical (unpaired) electrons. The second-order valence-corrected chi connectivity index (χ2v) is 6.27. The zero-order valence-corrected chi connectivity index (χ0v) is 18.3. The highest BCUT2D eigenvalue weighted by Crippen LogP contribution is 2.22. The number of rotatable bonds is 10. The number of aliphatic imine (C=N–C) groups is 1. The van der Waals surface area contributed by atoms with E-state index in [0.29, 0.717) is 19.1 Å². The Balaban J connectivity index is 0.00000338. The van der Waals surface area contributed by atoms with Crippen LogP contribution in [0.15, 0.2) is 35.3 Å². The molecule has 0 aromatic heterocycles. The van der Waals surface area contributed by atoms with Crippen LogP contribution in [0.2, 0.25) is 0 Å². The number of hydrogen-bond donors (Lipinski definition) is 2. The molecule has 0 bridgehead atoms. The lowest BCUT2D eigenvalue weighted by atomic mass is 10.1. The molecule has 1 aromatic carbocycles. The van der Waals surface area contributed by atoms with Gasteiger partial charge in [-0.2, -0.15) is 0 Å². The van der Waals surface area contributed by atoms with Crippen LogP contribution in [-0.4, -0.2) is 66.1 Å².